The molecule has 0 rings (SSSR count). The topological polar surface area (TPSA) is 20.3 Å². The maximum atomic E-state index is 11.5. The van der Waals surface area contributed by atoms with E-state index in [1.165, 1.54) is 0 Å². The number of ketones is 1. The molecule has 96 valence electrons. The fourth-order valence-electron chi connectivity index (χ4n) is 1.91. The van der Waals surface area contributed by atoms with E-state index >= 15 is 0 Å². The average molecular weight is 227 g/mol. The van der Waals surface area contributed by atoms with Crippen molar-refractivity contribution in [2.45, 2.75) is 48.5 Å². The van der Waals surface area contributed by atoms with Crippen molar-refractivity contribution in [1.29, 1.82) is 0 Å². The van der Waals surface area contributed by atoms with Gasteiger partial charge in [-0.3, -0.25) is 4.79 Å². The number of nitrogens with zero attached hydrogens (tertiary/aromatic N) is 1. The third-order valence-electron chi connectivity index (χ3n) is 2.82. The van der Waals surface area contributed by atoms with E-state index in [2.05, 4.69) is 32.6 Å². The molecule has 2 nitrogen and oxygen atoms in total. The summed E-state index contributed by atoms with van der Waals surface area (Å²) < 4.78 is 0. The first-order valence-corrected chi connectivity index (χ1v) is 6.38. The molecule has 16 heavy (non-hydrogen) atoms. The Balaban J connectivity index is 4.47. The molecule has 0 heterocycles. The lowest BCUT2D eigenvalue weighted by Crippen LogP contribution is -2.41. The van der Waals surface area contributed by atoms with Gasteiger partial charge in [0.15, 0.2) is 0 Å². The van der Waals surface area contributed by atoms with Crippen LogP contribution in [0, 0.1) is 17.3 Å². The molecule has 0 aromatic rings. The van der Waals surface area contributed by atoms with Gasteiger partial charge in [-0.15, -0.1) is 0 Å². The van der Waals surface area contributed by atoms with Gasteiger partial charge in [0.25, 0.3) is 0 Å². The van der Waals surface area contributed by atoms with Crippen LogP contribution in [-0.4, -0.2) is 30.3 Å². The van der Waals surface area contributed by atoms with Gasteiger partial charge in [0.1, 0.15) is 5.78 Å². The van der Waals surface area contributed by atoms with Crippen molar-refractivity contribution < 1.29 is 4.79 Å². The highest BCUT2D eigenvalue weighted by atomic mass is 16.1. The number of rotatable bonds is 7. The maximum absolute atomic E-state index is 11.5. The van der Waals surface area contributed by atoms with Gasteiger partial charge in [0.05, 0.1) is 0 Å². The van der Waals surface area contributed by atoms with E-state index in [9.17, 15) is 4.79 Å². The van der Waals surface area contributed by atoms with Crippen molar-refractivity contribution in [3.63, 3.8) is 0 Å². The minimum atomic E-state index is -0.218. The van der Waals surface area contributed by atoms with Gasteiger partial charge in [-0.2, -0.15) is 0 Å². The Labute approximate surface area is 101 Å². The second-order valence-electron chi connectivity index (χ2n) is 6.42. The van der Waals surface area contributed by atoms with Crippen molar-refractivity contribution in [3.05, 3.63) is 0 Å². The van der Waals surface area contributed by atoms with E-state index in [1.807, 2.05) is 13.8 Å². The Morgan fingerprint density at radius 3 is 1.69 bits per heavy atom. The first-order chi connectivity index (χ1) is 7.15. The molecule has 0 fully saturated rings. The summed E-state index contributed by atoms with van der Waals surface area (Å²) in [7, 11) is 0. The molecule has 0 radical (unpaired) electrons. The van der Waals surface area contributed by atoms with E-state index in [4.69, 9.17) is 0 Å². The minimum absolute atomic E-state index is 0.218. The van der Waals surface area contributed by atoms with Gasteiger partial charge < -0.3 is 4.90 Å². The molecule has 0 saturated heterocycles. The van der Waals surface area contributed by atoms with Crippen LogP contribution >= 0.6 is 0 Å². The van der Waals surface area contributed by atoms with Gasteiger partial charge in [-0.1, -0.05) is 41.5 Å². The molecular formula is C14H29NO. The summed E-state index contributed by atoms with van der Waals surface area (Å²) in [5.41, 5.74) is -0.218. The van der Waals surface area contributed by atoms with Crippen molar-refractivity contribution in [1.82, 2.24) is 4.90 Å². The van der Waals surface area contributed by atoms with Gasteiger partial charge in [-0.05, 0) is 18.8 Å². The molecule has 0 N–H and O–H groups in total. The fraction of sp³-hybridized carbons (Fsp3) is 0.929. The zero-order valence-electron chi connectivity index (χ0n) is 12.1. The zero-order valence-corrected chi connectivity index (χ0v) is 12.1. The normalized spacial score (nSPS) is 12.9. The number of hydrogen-bond acceptors (Lipinski definition) is 2. The van der Waals surface area contributed by atoms with Crippen LogP contribution in [0.4, 0.5) is 0 Å². The molecule has 0 aromatic carbocycles. The predicted molar refractivity (Wildman–Crippen MR) is 70.6 cm³/mol. The van der Waals surface area contributed by atoms with E-state index in [0.717, 1.165) is 19.6 Å². The highest BCUT2D eigenvalue weighted by Gasteiger charge is 2.27. The fourth-order valence-corrected chi connectivity index (χ4v) is 1.91. The molecule has 0 aromatic heterocycles. The number of carbonyl (C=O) groups excluding carboxylic acids is 1. The van der Waals surface area contributed by atoms with E-state index in [-0.39, 0.29) is 11.2 Å². The number of Topliss-reactive ketones (excluding diaryl/α,β-unsaturated/α-hetero) is 1. The Morgan fingerprint density at radius 1 is 1.06 bits per heavy atom. The highest BCUT2D eigenvalue weighted by molar-refractivity contribution is 5.81. The molecule has 0 unspecified atom stereocenters. The molecule has 0 aliphatic rings. The highest BCUT2D eigenvalue weighted by Crippen LogP contribution is 2.19. The zero-order chi connectivity index (χ0) is 12.9. The summed E-state index contributed by atoms with van der Waals surface area (Å²) in [5, 5.41) is 0. The molecule has 0 saturated carbocycles. The monoisotopic (exact) mass is 227 g/mol. The summed E-state index contributed by atoms with van der Waals surface area (Å²) in [6.07, 6.45) is 0. The summed E-state index contributed by atoms with van der Waals surface area (Å²) in [5.74, 6) is 1.59. The number of hydrogen-bond donors (Lipinski definition) is 0. The summed E-state index contributed by atoms with van der Waals surface area (Å²) in [6.45, 7) is 17.7. The molecule has 0 bridgehead atoms. The Hall–Kier alpha value is -0.370. The Kier molecular flexibility index (Phi) is 6.24. The van der Waals surface area contributed by atoms with Crippen LogP contribution in [0.2, 0.25) is 0 Å². The summed E-state index contributed by atoms with van der Waals surface area (Å²) >= 11 is 0. The van der Waals surface area contributed by atoms with E-state index in [0.29, 0.717) is 11.8 Å². The van der Waals surface area contributed by atoms with Crippen molar-refractivity contribution in [2.24, 2.45) is 17.3 Å². The van der Waals surface area contributed by atoms with Crippen LogP contribution in [0.3, 0.4) is 0 Å². The second kappa shape index (κ2) is 6.39. The van der Waals surface area contributed by atoms with Crippen LogP contribution < -0.4 is 0 Å². The molecule has 0 aliphatic carbocycles. The molecule has 0 atom stereocenters. The minimum Gasteiger partial charge on any atom is -0.302 e. The van der Waals surface area contributed by atoms with E-state index in [1.54, 1.807) is 6.92 Å². The van der Waals surface area contributed by atoms with Gasteiger partial charge in [-0.25, -0.2) is 0 Å². The maximum Gasteiger partial charge on any atom is 0.136 e. The van der Waals surface area contributed by atoms with Crippen LogP contribution in [-0.2, 0) is 4.79 Å². The van der Waals surface area contributed by atoms with Crippen molar-refractivity contribution in [3.8, 4) is 0 Å². The lowest BCUT2D eigenvalue weighted by atomic mass is 9.88. The summed E-state index contributed by atoms with van der Waals surface area (Å²) in [4.78, 5) is 14.0. The van der Waals surface area contributed by atoms with Gasteiger partial charge in [0.2, 0.25) is 0 Å². The molecule has 2 heteroatoms. The average Bonchev–Trinajstić information content (AvgIpc) is 1.99. The molecule has 0 spiro atoms. The van der Waals surface area contributed by atoms with Crippen LogP contribution in [0.5, 0.6) is 0 Å². The first-order valence-electron chi connectivity index (χ1n) is 6.38. The van der Waals surface area contributed by atoms with Gasteiger partial charge >= 0.3 is 0 Å². The van der Waals surface area contributed by atoms with Crippen molar-refractivity contribution >= 4 is 5.78 Å². The van der Waals surface area contributed by atoms with Crippen LogP contribution in [0.1, 0.15) is 48.5 Å². The molecular weight excluding hydrogens is 198 g/mol. The molecule has 0 aliphatic heterocycles. The lowest BCUT2D eigenvalue weighted by Gasteiger charge is -2.33. The van der Waals surface area contributed by atoms with Crippen molar-refractivity contribution in [2.75, 3.05) is 19.6 Å². The number of carbonyl (C=O) groups is 1. The van der Waals surface area contributed by atoms with Gasteiger partial charge in [0, 0.05) is 25.0 Å². The van der Waals surface area contributed by atoms with Crippen LogP contribution in [0.15, 0.2) is 0 Å². The smallest absolute Gasteiger partial charge is 0.136 e. The van der Waals surface area contributed by atoms with E-state index < -0.39 is 0 Å². The first kappa shape index (κ1) is 15.6. The Morgan fingerprint density at radius 2 is 1.44 bits per heavy atom. The predicted octanol–water partition coefficient (Wildman–Crippen LogP) is 3.22. The Bertz CT molecular complexity index is 209. The lowest BCUT2D eigenvalue weighted by molar-refractivity contribution is -0.126. The largest absolute Gasteiger partial charge is 0.302 e. The standard InChI is InChI=1S/C14H29NO/c1-11(2)8-15(9-12(3)4)10-14(6,7)13(5)16/h11-12H,8-10H2,1-7H3. The van der Waals surface area contributed by atoms with Crippen LogP contribution in [0.25, 0.3) is 0 Å². The quantitative estimate of drug-likeness (QED) is 0.665. The second-order valence-corrected chi connectivity index (χ2v) is 6.42. The SMILES string of the molecule is CC(=O)C(C)(C)CN(CC(C)C)CC(C)C. The third-order valence-corrected chi connectivity index (χ3v) is 2.82. The summed E-state index contributed by atoms with van der Waals surface area (Å²) in [6, 6.07) is 0. The third kappa shape index (κ3) is 6.26. The molecule has 0 amide bonds.